The molecular formula is C17H31N3. The van der Waals surface area contributed by atoms with Crippen LogP contribution in [-0.4, -0.2) is 60.1 Å². The Morgan fingerprint density at radius 2 is 1.60 bits per heavy atom. The summed E-state index contributed by atoms with van der Waals surface area (Å²) < 4.78 is 0. The summed E-state index contributed by atoms with van der Waals surface area (Å²) in [7, 11) is 2.16. The zero-order valence-corrected chi connectivity index (χ0v) is 13.1. The molecule has 0 aliphatic carbocycles. The van der Waals surface area contributed by atoms with Gasteiger partial charge in [0.2, 0.25) is 0 Å². The van der Waals surface area contributed by atoms with Crippen molar-refractivity contribution in [3.05, 3.63) is 0 Å². The third kappa shape index (κ3) is 2.22. The molecule has 0 aromatic heterocycles. The first-order valence-corrected chi connectivity index (χ1v) is 9.05. The van der Waals surface area contributed by atoms with Crippen LogP contribution in [0.2, 0.25) is 0 Å². The molecule has 4 atom stereocenters. The van der Waals surface area contributed by atoms with Crippen LogP contribution < -0.4 is 5.32 Å². The number of rotatable bonds is 2. The van der Waals surface area contributed by atoms with Gasteiger partial charge >= 0.3 is 0 Å². The molecule has 0 aromatic rings. The Morgan fingerprint density at radius 1 is 0.800 bits per heavy atom. The lowest BCUT2D eigenvalue weighted by Gasteiger charge is -2.53. The SMILES string of the molecule is CNC1CC2CCCC(C1)N2C1CCN2CCCCC12. The predicted molar refractivity (Wildman–Crippen MR) is 83.0 cm³/mol. The highest BCUT2D eigenvalue weighted by Crippen LogP contribution is 2.41. The minimum Gasteiger partial charge on any atom is -0.317 e. The maximum atomic E-state index is 3.56. The molecule has 4 rings (SSSR count). The predicted octanol–water partition coefficient (Wildman–Crippen LogP) is 2.22. The van der Waals surface area contributed by atoms with Gasteiger partial charge < -0.3 is 5.32 Å². The Balaban J connectivity index is 1.52. The van der Waals surface area contributed by atoms with E-state index in [4.69, 9.17) is 0 Å². The summed E-state index contributed by atoms with van der Waals surface area (Å²) in [6.07, 6.45) is 13.0. The molecule has 0 spiro atoms. The van der Waals surface area contributed by atoms with Crippen molar-refractivity contribution in [2.24, 2.45) is 0 Å². The van der Waals surface area contributed by atoms with E-state index in [-0.39, 0.29) is 0 Å². The lowest BCUT2D eigenvalue weighted by atomic mass is 9.79. The van der Waals surface area contributed by atoms with Crippen LogP contribution in [0.15, 0.2) is 0 Å². The van der Waals surface area contributed by atoms with E-state index < -0.39 is 0 Å². The molecular weight excluding hydrogens is 246 g/mol. The molecule has 4 saturated heterocycles. The van der Waals surface area contributed by atoms with E-state index in [9.17, 15) is 0 Å². The third-order valence-electron chi connectivity index (χ3n) is 6.64. The molecule has 4 unspecified atom stereocenters. The normalized spacial score (nSPS) is 46.4. The minimum atomic E-state index is 0.783. The summed E-state index contributed by atoms with van der Waals surface area (Å²) in [6.45, 7) is 2.75. The van der Waals surface area contributed by atoms with Crippen molar-refractivity contribution in [2.45, 2.75) is 88.0 Å². The van der Waals surface area contributed by atoms with E-state index >= 15 is 0 Å². The molecule has 114 valence electrons. The lowest BCUT2D eigenvalue weighted by molar-refractivity contribution is -0.0251. The van der Waals surface area contributed by atoms with Gasteiger partial charge in [-0.3, -0.25) is 9.80 Å². The zero-order chi connectivity index (χ0) is 13.5. The molecule has 0 saturated carbocycles. The molecule has 3 heteroatoms. The maximum Gasteiger partial charge on any atom is 0.0269 e. The van der Waals surface area contributed by atoms with E-state index in [1.54, 1.807) is 0 Å². The monoisotopic (exact) mass is 277 g/mol. The molecule has 0 radical (unpaired) electrons. The second kappa shape index (κ2) is 5.58. The first kappa shape index (κ1) is 13.5. The molecule has 1 N–H and O–H groups in total. The highest BCUT2D eigenvalue weighted by molar-refractivity contribution is 5.03. The van der Waals surface area contributed by atoms with Gasteiger partial charge in [0.25, 0.3) is 0 Å². The first-order chi connectivity index (χ1) is 9.86. The number of nitrogens with zero attached hydrogens (tertiary/aromatic N) is 2. The summed E-state index contributed by atoms with van der Waals surface area (Å²) in [5.41, 5.74) is 0. The summed E-state index contributed by atoms with van der Waals surface area (Å²) >= 11 is 0. The molecule has 3 nitrogen and oxygen atoms in total. The standard InChI is InChI=1S/C17H31N3/c1-18-13-11-14-5-4-6-15(12-13)20(14)17-8-10-19-9-3-2-7-16(17)19/h13-18H,2-12H2,1H3. The van der Waals surface area contributed by atoms with Gasteiger partial charge in [-0.15, -0.1) is 0 Å². The summed E-state index contributed by atoms with van der Waals surface area (Å²) in [6, 6.07) is 4.34. The highest BCUT2D eigenvalue weighted by atomic mass is 15.3. The average Bonchev–Trinajstić information content (AvgIpc) is 2.89. The largest absolute Gasteiger partial charge is 0.317 e. The second-order valence-electron chi connectivity index (χ2n) is 7.60. The maximum absolute atomic E-state index is 3.56. The van der Waals surface area contributed by atoms with Crippen molar-refractivity contribution in [2.75, 3.05) is 20.1 Å². The lowest BCUT2D eigenvalue weighted by Crippen LogP contribution is -2.61. The molecule has 0 amide bonds. The fourth-order valence-electron chi connectivity index (χ4n) is 5.76. The van der Waals surface area contributed by atoms with Gasteiger partial charge in [-0.25, -0.2) is 0 Å². The van der Waals surface area contributed by atoms with E-state index in [1.807, 2.05) is 0 Å². The Bertz CT molecular complexity index is 331. The van der Waals surface area contributed by atoms with Crippen LogP contribution in [0.1, 0.15) is 57.8 Å². The Morgan fingerprint density at radius 3 is 2.35 bits per heavy atom. The van der Waals surface area contributed by atoms with Crippen molar-refractivity contribution in [3.63, 3.8) is 0 Å². The van der Waals surface area contributed by atoms with E-state index in [0.29, 0.717) is 0 Å². The van der Waals surface area contributed by atoms with Crippen LogP contribution >= 0.6 is 0 Å². The summed E-state index contributed by atoms with van der Waals surface area (Å²) in [5, 5.41) is 3.56. The van der Waals surface area contributed by atoms with E-state index in [1.165, 1.54) is 70.9 Å². The highest BCUT2D eigenvalue weighted by Gasteiger charge is 2.47. The van der Waals surface area contributed by atoms with Crippen molar-refractivity contribution < 1.29 is 0 Å². The molecule has 2 bridgehead atoms. The van der Waals surface area contributed by atoms with Gasteiger partial charge in [0, 0.05) is 36.8 Å². The number of hydrogen-bond acceptors (Lipinski definition) is 3. The van der Waals surface area contributed by atoms with Crippen molar-refractivity contribution in [1.29, 1.82) is 0 Å². The van der Waals surface area contributed by atoms with Crippen molar-refractivity contribution in [3.8, 4) is 0 Å². The summed E-state index contributed by atoms with van der Waals surface area (Å²) in [5.74, 6) is 0. The van der Waals surface area contributed by atoms with Gasteiger partial charge in [-0.05, 0) is 58.5 Å². The van der Waals surface area contributed by atoms with E-state index in [2.05, 4.69) is 22.2 Å². The number of hydrogen-bond donors (Lipinski definition) is 1. The van der Waals surface area contributed by atoms with Gasteiger partial charge in [0.1, 0.15) is 0 Å². The van der Waals surface area contributed by atoms with Crippen LogP contribution in [0, 0.1) is 0 Å². The van der Waals surface area contributed by atoms with Crippen LogP contribution in [0.4, 0.5) is 0 Å². The molecule has 4 aliphatic rings. The number of fused-ring (bicyclic) bond motifs is 3. The molecule has 20 heavy (non-hydrogen) atoms. The molecule has 4 heterocycles. The minimum absolute atomic E-state index is 0.783. The Labute approximate surface area is 124 Å². The van der Waals surface area contributed by atoms with Gasteiger partial charge in [0.15, 0.2) is 0 Å². The fourth-order valence-corrected chi connectivity index (χ4v) is 5.76. The third-order valence-corrected chi connectivity index (χ3v) is 6.64. The molecule has 4 aliphatic heterocycles. The smallest absolute Gasteiger partial charge is 0.0269 e. The first-order valence-electron chi connectivity index (χ1n) is 9.05. The van der Waals surface area contributed by atoms with Gasteiger partial charge in [0.05, 0.1) is 0 Å². The van der Waals surface area contributed by atoms with Gasteiger partial charge in [-0.1, -0.05) is 12.8 Å². The topological polar surface area (TPSA) is 18.5 Å². The van der Waals surface area contributed by atoms with Crippen LogP contribution in [0.3, 0.4) is 0 Å². The zero-order valence-electron chi connectivity index (χ0n) is 13.1. The van der Waals surface area contributed by atoms with Crippen LogP contribution in [0.5, 0.6) is 0 Å². The van der Waals surface area contributed by atoms with Crippen LogP contribution in [0.25, 0.3) is 0 Å². The van der Waals surface area contributed by atoms with Crippen LogP contribution in [-0.2, 0) is 0 Å². The Kier molecular flexibility index (Phi) is 3.78. The second-order valence-corrected chi connectivity index (χ2v) is 7.60. The molecule has 0 aromatic carbocycles. The van der Waals surface area contributed by atoms with E-state index in [0.717, 1.165) is 30.2 Å². The summed E-state index contributed by atoms with van der Waals surface area (Å²) in [4.78, 5) is 5.83. The average molecular weight is 277 g/mol. The Hall–Kier alpha value is -0.120. The van der Waals surface area contributed by atoms with Crippen molar-refractivity contribution >= 4 is 0 Å². The quantitative estimate of drug-likeness (QED) is 0.835. The van der Waals surface area contributed by atoms with Gasteiger partial charge in [-0.2, -0.15) is 0 Å². The molecule has 4 fully saturated rings. The number of piperidine rings is 3. The van der Waals surface area contributed by atoms with Crippen molar-refractivity contribution in [1.82, 2.24) is 15.1 Å². The number of nitrogens with one attached hydrogen (secondary N) is 1. The fraction of sp³-hybridized carbons (Fsp3) is 1.00.